The van der Waals surface area contributed by atoms with Crippen LogP contribution in [0.1, 0.15) is 72.5 Å². The fraction of sp³-hybridized carbons (Fsp3) is 0.478. The molecular formula is C23H26ClF2N5O3. The van der Waals surface area contributed by atoms with Crippen molar-refractivity contribution in [3.63, 3.8) is 0 Å². The summed E-state index contributed by atoms with van der Waals surface area (Å²) in [6.45, 7) is 2.52. The van der Waals surface area contributed by atoms with E-state index in [0.29, 0.717) is 51.6 Å². The summed E-state index contributed by atoms with van der Waals surface area (Å²) >= 11 is 6.14. The van der Waals surface area contributed by atoms with Gasteiger partial charge in [-0.25, -0.2) is 13.8 Å². The summed E-state index contributed by atoms with van der Waals surface area (Å²) < 4.78 is 29.0. The number of benzene rings is 1. The number of primary amides is 1. The van der Waals surface area contributed by atoms with Crippen LogP contribution >= 0.6 is 11.6 Å². The molecule has 3 amide bonds. The fourth-order valence-electron chi connectivity index (χ4n) is 5.21. The van der Waals surface area contributed by atoms with Crippen molar-refractivity contribution in [2.75, 3.05) is 18.0 Å². The molecule has 0 radical (unpaired) electrons. The molecule has 2 aliphatic rings. The van der Waals surface area contributed by atoms with E-state index in [2.05, 4.69) is 10.3 Å². The molecule has 0 atom stereocenters. The van der Waals surface area contributed by atoms with Crippen molar-refractivity contribution < 1.29 is 23.2 Å². The maximum Gasteiger partial charge on any atom is 0.272 e. The molecule has 4 rings (SSSR count). The second-order valence-electron chi connectivity index (χ2n) is 8.86. The molecule has 1 aromatic carbocycles. The van der Waals surface area contributed by atoms with Gasteiger partial charge >= 0.3 is 0 Å². The van der Waals surface area contributed by atoms with E-state index in [-0.39, 0.29) is 34.0 Å². The van der Waals surface area contributed by atoms with Crippen LogP contribution in [0, 0.1) is 17.0 Å². The second-order valence-corrected chi connectivity index (χ2v) is 9.27. The first-order chi connectivity index (χ1) is 16.2. The highest BCUT2D eigenvalue weighted by molar-refractivity contribution is 6.33. The molecule has 0 unspecified atom stereocenters. The summed E-state index contributed by atoms with van der Waals surface area (Å²) in [7, 11) is 0. The van der Waals surface area contributed by atoms with Crippen LogP contribution in [0.5, 0.6) is 0 Å². The number of aromatic nitrogens is 2. The predicted octanol–water partition coefficient (Wildman–Crippen LogP) is 3.59. The summed E-state index contributed by atoms with van der Waals surface area (Å²) in [5.74, 6) is -3.49. The van der Waals surface area contributed by atoms with Gasteiger partial charge in [-0.1, -0.05) is 11.6 Å². The number of carbonyl (C=O) groups is 3. The summed E-state index contributed by atoms with van der Waals surface area (Å²) in [6, 6.07) is 1.70. The molecule has 1 saturated carbocycles. The van der Waals surface area contributed by atoms with Gasteiger partial charge in [-0.05, 0) is 51.5 Å². The Morgan fingerprint density at radius 2 is 1.91 bits per heavy atom. The molecule has 2 fully saturated rings. The Labute approximate surface area is 200 Å². The van der Waals surface area contributed by atoms with Gasteiger partial charge in [0, 0.05) is 30.6 Å². The molecule has 1 saturated heterocycles. The van der Waals surface area contributed by atoms with Gasteiger partial charge in [0.15, 0.2) is 17.3 Å². The van der Waals surface area contributed by atoms with Crippen molar-refractivity contribution in [2.45, 2.75) is 51.5 Å². The van der Waals surface area contributed by atoms with Crippen molar-refractivity contribution in [1.29, 1.82) is 0 Å². The lowest BCUT2D eigenvalue weighted by Gasteiger charge is -2.46. The predicted molar refractivity (Wildman–Crippen MR) is 122 cm³/mol. The second kappa shape index (κ2) is 9.32. The topological polar surface area (TPSA) is 110 Å². The minimum atomic E-state index is -1.06. The lowest BCUT2D eigenvalue weighted by molar-refractivity contribution is -0.133. The Hall–Kier alpha value is -3.01. The van der Waals surface area contributed by atoms with Crippen LogP contribution in [0.2, 0.25) is 5.02 Å². The number of amides is 3. The zero-order chi connectivity index (χ0) is 24.6. The maximum atomic E-state index is 13.9. The van der Waals surface area contributed by atoms with Crippen LogP contribution < -0.4 is 16.0 Å². The van der Waals surface area contributed by atoms with Gasteiger partial charge < -0.3 is 20.5 Å². The van der Waals surface area contributed by atoms with Gasteiger partial charge in [0.2, 0.25) is 5.91 Å². The number of piperidine rings is 1. The fourth-order valence-corrected chi connectivity index (χ4v) is 5.46. The maximum absolute atomic E-state index is 13.9. The molecule has 2 heterocycles. The zero-order valence-corrected chi connectivity index (χ0v) is 19.5. The van der Waals surface area contributed by atoms with Crippen LogP contribution in [0.15, 0.2) is 18.5 Å². The molecule has 1 aliphatic carbocycles. The lowest BCUT2D eigenvalue weighted by atomic mass is 9.67. The molecule has 34 heavy (non-hydrogen) atoms. The van der Waals surface area contributed by atoms with Crippen molar-refractivity contribution >= 4 is 35.0 Å². The van der Waals surface area contributed by atoms with E-state index in [1.807, 2.05) is 0 Å². The number of hydrogen-bond donors (Lipinski definition) is 2. The van der Waals surface area contributed by atoms with Gasteiger partial charge in [0.1, 0.15) is 5.69 Å². The van der Waals surface area contributed by atoms with Gasteiger partial charge in [0.05, 0.1) is 17.0 Å². The highest BCUT2D eigenvalue weighted by atomic mass is 35.5. The van der Waals surface area contributed by atoms with E-state index >= 15 is 0 Å². The first-order valence-corrected chi connectivity index (χ1v) is 11.7. The number of carbonyl (C=O) groups excluding carboxylic acids is 3. The van der Waals surface area contributed by atoms with Crippen LogP contribution in [-0.4, -0.2) is 40.4 Å². The van der Waals surface area contributed by atoms with Crippen molar-refractivity contribution in [3.8, 4) is 0 Å². The molecule has 1 spiro atoms. The number of halogens is 3. The van der Waals surface area contributed by atoms with Gasteiger partial charge in [0.25, 0.3) is 11.8 Å². The van der Waals surface area contributed by atoms with Gasteiger partial charge in [-0.15, -0.1) is 0 Å². The Kier molecular flexibility index (Phi) is 6.62. The summed E-state index contributed by atoms with van der Waals surface area (Å²) in [6.07, 6.45) is 5.01. The Balaban J connectivity index is 1.55. The molecule has 0 bridgehead atoms. The standard InChI is InChI=1S/C23H26ClF2N5O3/c1-2-28-21(33)18-19(20(27)32)31(12-29-18)13-4-7-23(8-5-13)6-3-9-30(22(23)34)17-11-16(26)15(25)10-14(17)24/h10-13H,2-9H2,1H3,(H2,27,32)(H,28,33). The van der Waals surface area contributed by atoms with Crippen molar-refractivity contribution in [3.05, 3.63) is 46.5 Å². The number of imidazole rings is 1. The van der Waals surface area contributed by atoms with E-state index in [1.165, 1.54) is 11.2 Å². The van der Waals surface area contributed by atoms with E-state index in [4.69, 9.17) is 17.3 Å². The molecule has 11 heteroatoms. The number of rotatable bonds is 5. The summed E-state index contributed by atoms with van der Waals surface area (Å²) in [5, 5.41) is 2.61. The summed E-state index contributed by atoms with van der Waals surface area (Å²) in [5.41, 5.74) is 5.13. The Bertz CT molecular complexity index is 1140. The number of anilines is 1. The zero-order valence-electron chi connectivity index (χ0n) is 18.7. The number of nitrogens with zero attached hydrogens (tertiary/aromatic N) is 3. The summed E-state index contributed by atoms with van der Waals surface area (Å²) in [4.78, 5) is 43.5. The third-order valence-electron chi connectivity index (χ3n) is 6.90. The van der Waals surface area contributed by atoms with Crippen molar-refractivity contribution in [1.82, 2.24) is 14.9 Å². The highest BCUT2D eigenvalue weighted by Gasteiger charge is 2.47. The monoisotopic (exact) mass is 493 g/mol. The molecule has 2 aromatic rings. The van der Waals surface area contributed by atoms with Gasteiger partial charge in [-0.2, -0.15) is 0 Å². The molecule has 8 nitrogen and oxygen atoms in total. The van der Waals surface area contributed by atoms with Crippen molar-refractivity contribution in [2.24, 2.45) is 11.1 Å². The van der Waals surface area contributed by atoms with E-state index < -0.39 is 28.9 Å². The minimum Gasteiger partial charge on any atom is -0.364 e. The van der Waals surface area contributed by atoms with E-state index in [9.17, 15) is 23.2 Å². The molecular weight excluding hydrogens is 468 g/mol. The lowest BCUT2D eigenvalue weighted by Crippen LogP contribution is -2.50. The van der Waals surface area contributed by atoms with Crippen LogP contribution in [-0.2, 0) is 4.79 Å². The number of nitrogens with two attached hydrogens (primary N) is 1. The average molecular weight is 494 g/mol. The largest absolute Gasteiger partial charge is 0.364 e. The van der Waals surface area contributed by atoms with Crippen LogP contribution in [0.4, 0.5) is 14.5 Å². The van der Waals surface area contributed by atoms with Gasteiger partial charge in [-0.3, -0.25) is 14.4 Å². The van der Waals surface area contributed by atoms with Crippen LogP contribution in [0.25, 0.3) is 0 Å². The Morgan fingerprint density at radius 1 is 1.24 bits per heavy atom. The molecule has 182 valence electrons. The first kappa shape index (κ1) is 24.1. The highest BCUT2D eigenvalue weighted by Crippen LogP contribution is 2.49. The quantitative estimate of drug-likeness (QED) is 0.620. The van der Waals surface area contributed by atoms with E-state index in [1.54, 1.807) is 11.5 Å². The average Bonchev–Trinajstić information content (AvgIpc) is 3.25. The molecule has 1 aromatic heterocycles. The normalized spacial score (nSPS) is 22.8. The Morgan fingerprint density at radius 3 is 2.56 bits per heavy atom. The molecule has 1 aliphatic heterocycles. The van der Waals surface area contributed by atoms with E-state index in [0.717, 1.165) is 12.1 Å². The number of nitrogens with one attached hydrogen (secondary N) is 1. The van der Waals surface area contributed by atoms with Crippen LogP contribution in [0.3, 0.4) is 0 Å². The third-order valence-corrected chi connectivity index (χ3v) is 7.20. The first-order valence-electron chi connectivity index (χ1n) is 11.3. The molecule has 3 N–H and O–H groups in total. The SMILES string of the molecule is CCNC(=O)c1ncn(C2CCC3(CCCN(c4cc(F)c(F)cc4Cl)C3=O)CC2)c1C(N)=O. The number of hydrogen-bond acceptors (Lipinski definition) is 4. The minimum absolute atomic E-state index is 0.0115. The third kappa shape index (κ3) is 4.15. The smallest absolute Gasteiger partial charge is 0.272 e.